The van der Waals surface area contributed by atoms with Crippen LogP contribution in [0.5, 0.6) is 0 Å². The first-order valence-corrected chi connectivity index (χ1v) is 17.7. The number of nitrogens with one attached hydrogen (secondary N) is 1. The maximum absolute atomic E-state index is 8.78. The van der Waals surface area contributed by atoms with E-state index >= 15 is 0 Å². The molecule has 2 N–H and O–H groups in total. The molecule has 2 nitrogen and oxygen atoms in total. The van der Waals surface area contributed by atoms with Gasteiger partial charge in [0.2, 0.25) is 0 Å². The summed E-state index contributed by atoms with van der Waals surface area (Å²) in [5.41, 5.74) is 0. The fourth-order valence-electron chi connectivity index (χ4n) is 5.58. The van der Waals surface area contributed by atoms with Crippen molar-refractivity contribution in [3.63, 3.8) is 0 Å². The van der Waals surface area contributed by atoms with Crippen LogP contribution >= 0.6 is 0 Å². The normalized spacial score (nSPS) is 11.5. The summed E-state index contributed by atoms with van der Waals surface area (Å²) < 4.78 is 0. The first-order chi connectivity index (χ1) is 18.4. The van der Waals surface area contributed by atoms with Crippen LogP contribution in [0.25, 0.3) is 0 Å². The molecule has 0 aromatic carbocycles. The van der Waals surface area contributed by atoms with Crippen molar-refractivity contribution in [2.45, 2.75) is 206 Å². The molecule has 0 rings (SSSR count). The molecular weight excluding hydrogens is 450 g/mol. The third-order valence-electron chi connectivity index (χ3n) is 8.22. The number of rotatable bonds is 34. The Balaban J connectivity index is 3.00. The van der Waals surface area contributed by atoms with Gasteiger partial charge in [-0.1, -0.05) is 187 Å². The van der Waals surface area contributed by atoms with E-state index < -0.39 is 0 Å². The molecule has 0 fully saturated rings. The molecule has 0 spiro atoms. The van der Waals surface area contributed by atoms with E-state index in [0.29, 0.717) is 6.61 Å². The van der Waals surface area contributed by atoms with Gasteiger partial charge in [0.15, 0.2) is 0 Å². The van der Waals surface area contributed by atoms with E-state index in [1.54, 1.807) is 0 Å². The Morgan fingerprint density at radius 1 is 0.297 bits per heavy atom. The van der Waals surface area contributed by atoms with Gasteiger partial charge in [0, 0.05) is 6.61 Å². The van der Waals surface area contributed by atoms with Gasteiger partial charge in [-0.25, -0.2) is 0 Å². The van der Waals surface area contributed by atoms with Crippen molar-refractivity contribution in [2.24, 2.45) is 0 Å². The lowest BCUT2D eigenvalue weighted by Gasteiger charge is -2.06. The van der Waals surface area contributed by atoms with Crippen LogP contribution in [0.15, 0.2) is 0 Å². The molecule has 0 saturated carbocycles. The molecule has 0 aromatic heterocycles. The highest BCUT2D eigenvalue weighted by molar-refractivity contribution is 4.54. The lowest BCUT2D eigenvalue weighted by atomic mass is 10.0. The Bertz CT molecular complexity index is 338. The molecular formula is C35H73NO. The summed E-state index contributed by atoms with van der Waals surface area (Å²) in [5.74, 6) is 0. The highest BCUT2D eigenvalue weighted by atomic mass is 16.2. The van der Waals surface area contributed by atoms with Gasteiger partial charge in [0.05, 0.1) is 0 Å². The van der Waals surface area contributed by atoms with E-state index in [1.165, 1.54) is 206 Å². The van der Waals surface area contributed by atoms with Crippen LogP contribution in [0.4, 0.5) is 0 Å². The molecule has 2 heteroatoms. The molecule has 0 saturated heterocycles. The van der Waals surface area contributed by atoms with E-state index in [9.17, 15) is 0 Å². The predicted molar refractivity (Wildman–Crippen MR) is 169 cm³/mol. The molecule has 224 valence electrons. The van der Waals surface area contributed by atoms with Gasteiger partial charge in [0.1, 0.15) is 0 Å². The lowest BCUT2D eigenvalue weighted by molar-refractivity contribution is 0.282. The minimum absolute atomic E-state index is 0.372. The molecule has 0 aliphatic carbocycles. The Hall–Kier alpha value is -0.0800. The number of hydrogen-bond donors (Lipinski definition) is 2. The lowest BCUT2D eigenvalue weighted by Crippen LogP contribution is -2.16. The van der Waals surface area contributed by atoms with Crippen molar-refractivity contribution in [3.05, 3.63) is 0 Å². The zero-order valence-corrected chi connectivity index (χ0v) is 26.0. The largest absolute Gasteiger partial charge is 0.396 e. The Morgan fingerprint density at radius 3 is 0.757 bits per heavy atom. The molecule has 0 aromatic rings. The van der Waals surface area contributed by atoms with Crippen molar-refractivity contribution in [1.29, 1.82) is 0 Å². The molecule has 0 heterocycles. The van der Waals surface area contributed by atoms with Crippen LogP contribution in [-0.2, 0) is 0 Å². The Morgan fingerprint density at radius 2 is 0.514 bits per heavy atom. The standard InChI is InChI=1S/C35H73NO/c1-2-3-4-5-6-7-8-9-15-18-21-24-27-30-33-36-34-31-28-25-22-19-16-13-11-10-12-14-17-20-23-26-29-32-35-37/h36-37H,2-35H2,1H3. The second kappa shape index (κ2) is 35.9. The minimum Gasteiger partial charge on any atom is -0.396 e. The average Bonchev–Trinajstić information content (AvgIpc) is 2.91. The van der Waals surface area contributed by atoms with E-state index in [4.69, 9.17) is 5.11 Å². The van der Waals surface area contributed by atoms with Crippen LogP contribution < -0.4 is 5.32 Å². The maximum atomic E-state index is 8.78. The Kier molecular flexibility index (Phi) is 35.8. The Labute approximate surface area is 235 Å². The van der Waals surface area contributed by atoms with Gasteiger partial charge < -0.3 is 10.4 Å². The second-order valence-corrected chi connectivity index (χ2v) is 12.1. The van der Waals surface area contributed by atoms with Gasteiger partial charge in [-0.05, 0) is 32.4 Å². The first kappa shape index (κ1) is 36.9. The zero-order valence-electron chi connectivity index (χ0n) is 26.0. The fraction of sp³-hybridized carbons (Fsp3) is 1.00. The highest BCUT2D eigenvalue weighted by Gasteiger charge is 1.97. The van der Waals surface area contributed by atoms with Crippen molar-refractivity contribution < 1.29 is 5.11 Å². The van der Waals surface area contributed by atoms with Gasteiger partial charge >= 0.3 is 0 Å². The number of hydrogen-bond acceptors (Lipinski definition) is 2. The van der Waals surface area contributed by atoms with Crippen molar-refractivity contribution in [1.82, 2.24) is 5.32 Å². The molecule has 37 heavy (non-hydrogen) atoms. The van der Waals surface area contributed by atoms with E-state index in [2.05, 4.69) is 12.2 Å². The summed E-state index contributed by atoms with van der Waals surface area (Å²) in [5, 5.41) is 12.5. The number of aliphatic hydroxyl groups excluding tert-OH is 1. The zero-order chi connectivity index (χ0) is 26.7. The van der Waals surface area contributed by atoms with E-state index in [-0.39, 0.29) is 0 Å². The number of unbranched alkanes of at least 4 members (excludes halogenated alkanes) is 29. The smallest absolute Gasteiger partial charge is 0.0431 e. The topological polar surface area (TPSA) is 32.3 Å². The quantitative estimate of drug-likeness (QED) is 0.0822. The SMILES string of the molecule is CCCCCCCCCCCCCCCCNCCCCCCCCCCCCCCCCCCCO. The summed E-state index contributed by atoms with van der Waals surface area (Å²) in [6.07, 6.45) is 43.9. The van der Waals surface area contributed by atoms with Crippen LogP contribution in [0.1, 0.15) is 206 Å². The highest BCUT2D eigenvalue weighted by Crippen LogP contribution is 2.15. The third kappa shape index (κ3) is 35.9. The van der Waals surface area contributed by atoms with Gasteiger partial charge in [0.25, 0.3) is 0 Å². The van der Waals surface area contributed by atoms with Gasteiger partial charge in [-0.3, -0.25) is 0 Å². The number of aliphatic hydroxyl groups is 1. The summed E-state index contributed by atoms with van der Waals surface area (Å²) >= 11 is 0. The molecule has 0 bridgehead atoms. The average molecular weight is 524 g/mol. The van der Waals surface area contributed by atoms with Crippen LogP contribution in [0.3, 0.4) is 0 Å². The fourth-order valence-corrected chi connectivity index (χ4v) is 5.58. The molecule has 0 radical (unpaired) electrons. The van der Waals surface area contributed by atoms with Crippen molar-refractivity contribution in [2.75, 3.05) is 19.7 Å². The summed E-state index contributed by atoms with van der Waals surface area (Å²) in [6.45, 7) is 5.15. The third-order valence-corrected chi connectivity index (χ3v) is 8.22. The molecule has 0 amide bonds. The maximum Gasteiger partial charge on any atom is 0.0431 e. The monoisotopic (exact) mass is 524 g/mol. The van der Waals surface area contributed by atoms with Gasteiger partial charge in [-0.15, -0.1) is 0 Å². The second-order valence-electron chi connectivity index (χ2n) is 12.1. The summed E-state index contributed by atoms with van der Waals surface area (Å²) in [4.78, 5) is 0. The van der Waals surface area contributed by atoms with Crippen LogP contribution in [0.2, 0.25) is 0 Å². The molecule has 0 aliphatic rings. The summed E-state index contributed by atoms with van der Waals surface area (Å²) in [7, 11) is 0. The van der Waals surface area contributed by atoms with Crippen LogP contribution in [0, 0.1) is 0 Å². The van der Waals surface area contributed by atoms with Crippen molar-refractivity contribution in [3.8, 4) is 0 Å². The minimum atomic E-state index is 0.372. The summed E-state index contributed by atoms with van der Waals surface area (Å²) in [6, 6.07) is 0. The van der Waals surface area contributed by atoms with Gasteiger partial charge in [-0.2, -0.15) is 0 Å². The first-order valence-electron chi connectivity index (χ1n) is 17.7. The van der Waals surface area contributed by atoms with E-state index in [0.717, 1.165) is 6.42 Å². The molecule has 0 unspecified atom stereocenters. The molecule has 0 atom stereocenters. The van der Waals surface area contributed by atoms with Crippen LogP contribution in [-0.4, -0.2) is 24.8 Å². The van der Waals surface area contributed by atoms with Crippen molar-refractivity contribution >= 4 is 0 Å². The molecule has 0 aliphatic heterocycles. The predicted octanol–water partition coefficient (Wildman–Crippen LogP) is 11.7. The van der Waals surface area contributed by atoms with E-state index in [1.807, 2.05) is 0 Å².